The zero-order valence-corrected chi connectivity index (χ0v) is 10.8. The first-order valence-corrected chi connectivity index (χ1v) is 6.53. The first-order chi connectivity index (χ1) is 8.69. The van der Waals surface area contributed by atoms with Crippen molar-refractivity contribution in [1.29, 1.82) is 0 Å². The molecular formula is C12H14N2O3S. The number of nitrogens with zero attached hydrogens (tertiary/aromatic N) is 1. The molecule has 0 spiro atoms. The van der Waals surface area contributed by atoms with E-state index in [2.05, 4.69) is 9.72 Å². The van der Waals surface area contributed by atoms with Crippen LogP contribution in [-0.4, -0.2) is 23.8 Å². The van der Waals surface area contributed by atoms with Gasteiger partial charge in [0.25, 0.3) is 5.22 Å². The topological polar surface area (TPSA) is 78.3 Å². The highest BCUT2D eigenvalue weighted by atomic mass is 32.2. The van der Waals surface area contributed by atoms with Gasteiger partial charge in [0.15, 0.2) is 5.58 Å². The summed E-state index contributed by atoms with van der Waals surface area (Å²) in [6.07, 6.45) is 1.15. The van der Waals surface area contributed by atoms with E-state index in [9.17, 15) is 4.79 Å². The molecule has 2 N–H and O–H groups in total. The molecule has 0 radical (unpaired) electrons. The Morgan fingerprint density at radius 2 is 2.39 bits per heavy atom. The molecule has 1 aromatic heterocycles. The number of thioether (sulfide) groups is 1. The number of carbonyl (C=O) groups is 1. The fraction of sp³-hybridized carbons (Fsp3) is 0.333. The number of hydrogen-bond donors (Lipinski definition) is 1. The molecule has 0 aliphatic heterocycles. The number of fused-ring (bicyclic) bond motifs is 1. The molecule has 18 heavy (non-hydrogen) atoms. The molecule has 0 saturated heterocycles. The summed E-state index contributed by atoms with van der Waals surface area (Å²) >= 11 is 1.48. The minimum Gasteiger partial charge on any atom is -0.469 e. The number of nitrogen functional groups attached to an aromatic ring is 1. The van der Waals surface area contributed by atoms with Gasteiger partial charge in [-0.1, -0.05) is 11.8 Å². The molecule has 6 heteroatoms. The fourth-order valence-electron chi connectivity index (χ4n) is 1.46. The van der Waals surface area contributed by atoms with Gasteiger partial charge in [-0.2, -0.15) is 0 Å². The van der Waals surface area contributed by atoms with Crippen molar-refractivity contribution >= 4 is 34.5 Å². The first kappa shape index (κ1) is 12.8. The minimum atomic E-state index is -0.194. The second kappa shape index (κ2) is 5.77. The van der Waals surface area contributed by atoms with Gasteiger partial charge in [-0.25, -0.2) is 4.98 Å². The first-order valence-electron chi connectivity index (χ1n) is 5.55. The van der Waals surface area contributed by atoms with Gasteiger partial charge < -0.3 is 14.9 Å². The van der Waals surface area contributed by atoms with E-state index < -0.39 is 0 Å². The van der Waals surface area contributed by atoms with Crippen LogP contribution in [0.15, 0.2) is 27.8 Å². The monoisotopic (exact) mass is 266 g/mol. The summed E-state index contributed by atoms with van der Waals surface area (Å²) in [5, 5.41) is 0.598. The third-order valence-electron chi connectivity index (χ3n) is 2.37. The average Bonchev–Trinajstić information content (AvgIpc) is 2.76. The van der Waals surface area contributed by atoms with E-state index in [4.69, 9.17) is 10.2 Å². The van der Waals surface area contributed by atoms with Crippen molar-refractivity contribution < 1.29 is 13.9 Å². The Morgan fingerprint density at radius 3 is 3.17 bits per heavy atom. The number of hydrogen-bond acceptors (Lipinski definition) is 6. The van der Waals surface area contributed by atoms with E-state index in [1.807, 2.05) is 0 Å². The minimum absolute atomic E-state index is 0.194. The Hall–Kier alpha value is -1.69. The molecule has 1 heterocycles. The highest BCUT2D eigenvalue weighted by Crippen LogP contribution is 2.25. The smallest absolute Gasteiger partial charge is 0.305 e. The number of nitrogens with two attached hydrogens (primary N) is 1. The fourth-order valence-corrected chi connectivity index (χ4v) is 2.24. The number of methoxy groups -OCH3 is 1. The maximum absolute atomic E-state index is 10.9. The van der Waals surface area contributed by atoms with E-state index in [1.165, 1.54) is 18.9 Å². The SMILES string of the molecule is COC(=O)CCCSc1nc2cc(N)ccc2o1. The van der Waals surface area contributed by atoms with Crippen LogP contribution in [0.3, 0.4) is 0 Å². The highest BCUT2D eigenvalue weighted by molar-refractivity contribution is 7.99. The number of aromatic nitrogens is 1. The largest absolute Gasteiger partial charge is 0.469 e. The molecule has 2 aromatic rings. The van der Waals surface area contributed by atoms with Gasteiger partial charge in [0.1, 0.15) is 5.52 Å². The molecule has 1 aromatic carbocycles. The van der Waals surface area contributed by atoms with Gasteiger partial charge in [-0.3, -0.25) is 4.79 Å². The van der Waals surface area contributed by atoms with Crippen LogP contribution in [0, 0.1) is 0 Å². The van der Waals surface area contributed by atoms with Crippen LogP contribution in [0.25, 0.3) is 11.1 Å². The summed E-state index contributed by atoms with van der Waals surface area (Å²) in [4.78, 5) is 15.2. The quantitative estimate of drug-likeness (QED) is 0.387. The number of esters is 1. The van der Waals surface area contributed by atoms with Crippen LogP contribution < -0.4 is 5.73 Å². The second-order valence-electron chi connectivity index (χ2n) is 3.74. The zero-order valence-electron chi connectivity index (χ0n) is 10.0. The highest BCUT2D eigenvalue weighted by Gasteiger charge is 2.07. The average molecular weight is 266 g/mol. The molecule has 0 unspecified atom stereocenters. The lowest BCUT2D eigenvalue weighted by atomic mass is 10.3. The number of oxazole rings is 1. The maximum Gasteiger partial charge on any atom is 0.305 e. The van der Waals surface area contributed by atoms with Gasteiger partial charge in [0.05, 0.1) is 7.11 Å². The van der Waals surface area contributed by atoms with Crippen LogP contribution in [-0.2, 0) is 9.53 Å². The normalized spacial score (nSPS) is 10.7. The summed E-state index contributed by atoms with van der Waals surface area (Å²) in [7, 11) is 1.39. The second-order valence-corrected chi connectivity index (χ2v) is 4.78. The summed E-state index contributed by atoms with van der Waals surface area (Å²) < 4.78 is 10.1. The number of benzene rings is 1. The van der Waals surface area contributed by atoms with E-state index in [0.717, 1.165) is 23.3 Å². The van der Waals surface area contributed by atoms with Gasteiger partial charge in [0, 0.05) is 17.9 Å². The standard InChI is InChI=1S/C12H14N2O3S/c1-16-11(15)3-2-6-18-12-14-9-7-8(13)4-5-10(9)17-12/h4-5,7H,2-3,6,13H2,1H3. The Labute approximate surface area is 109 Å². The Balaban J connectivity index is 1.90. The van der Waals surface area contributed by atoms with E-state index in [-0.39, 0.29) is 5.97 Å². The molecule has 0 amide bonds. The van der Waals surface area contributed by atoms with Crippen molar-refractivity contribution in [2.24, 2.45) is 0 Å². The third kappa shape index (κ3) is 3.16. The summed E-state index contributed by atoms with van der Waals surface area (Å²) in [5.74, 6) is 0.568. The lowest BCUT2D eigenvalue weighted by molar-refractivity contribution is -0.140. The third-order valence-corrected chi connectivity index (χ3v) is 3.28. The van der Waals surface area contributed by atoms with Gasteiger partial charge in [-0.05, 0) is 24.6 Å². The van der Waals surface area contributed by atoms with Crippen molar-refractivity contribution in [3.63, 3.8) is 0 Å². The molecule has 5 nitrogen and oxygen atoms in total. The number of carbonyl (C=O) groups excluding carboxylic acids is 1. The van der Waals surface area contributed by atoms with E-state index in [1.54, 1.807) is 18.2 Å². The van der Waals surface area contributed by atoms with Crippen LogP contribution >= 0.6 is 11.8 Å². The van der Waals surface area contributed by atoms with Crippen LogP contribution in [0.1, 0.15) is 12.8 Å². The van der Waals surface area contributed by atoms with Crippen LogP contribution in [0.4, 0.5) is 5.69 Å². The van der Waals surface area contributed by atoms with Crippen molar-refractivity contribution in [3.8, 4) is 0 Å². The molecule has 2 rings (SSSR count). The van der Waals surface area contributed by atoms with Crippen molar-refractivity contribution in [3.05, 3.63) is 18.2 Å². The summed E-state index contributed by atoms with van der Waals surface area (Å²) in [6.45, 7) is 0. The lowest BCUT2D eigenvalue weighted by Gasteiger charge is -1.97. The predicted octanol–water partition coefficient (Wildman–Crippen LogP) is 2.46. The summed E-state index contributed by atoms with van der Waals surface area (Å²) in [5.41, 5.74) is 7.81. The number of ether oxygens (including phenoxy) is 1. The Morgan fingerprint density at radius 1 is 1.56 bits per heavy atom. The molecule has 0 fully saturated rings. The summed E-state index contributed by atoms with van der Waals surface area (Å²) in [6, 6.07) is 5.35. The van der Waals surface area contributed by atoms with Gasteiger partial charge in [0.2, 0.25) is 0 Å². The van der Waals surface area contributed by atoms with Gasteiger partial charge in [-0.15, -0.1) is 0 Å². The number of rotatable bonds is 5. The van der Waals surface area contributed by atoms with Crippen molar-refractivity contribution in [2.45, 2.75) is 18.1 Å². The lowest BCUT2D eigenvalue weighted by Crippen LogP contribution is -1.99. The van der Waals surface area contributed by atoms with E-state index >= 15 is 0 Å². The molecule has 0 aliphatic rings. The zero-order chi connectivity index (χ0) is 13.0. The molecule has 0 bridgehead atoms. The Bertz CT molecular complexity index is 553. The van der Waals surface area contributed by atoms with Crippen LogP contribution in [0.5, 0.6) is 0 Å². The Kier molecular flexibility index (Phi) is 4.09. The molecule has 0 atom stereocenters. The van der Waals surface area contributed by atoms with Crippen molar-refractivity contribution in [1.82, 2.24) is 4.98 Å². The number of anilines is 1. The predicted molar refractivity (Wildman–Crippen MR) is 70.4 cm³/mol. The molecule has 96 valence electrons. The van der Waals surface area contributed by atoms with Crippen LogP contribution in [0.2, 0.25) is 0 Å². The maximum atomic E-state index is 10.9. The van der Waals surface area contributed by atoms with E-state index in [0.29, 0.717) is 17.3 Å². The van der Waals surface area contributed by atoms with Gasteiger partial charge >= 0.3 is 5.97 Å². The van der Waals surface area contributed by atoms with Crippen molar-refractivity contribution in [2.75, 3.05) is 18.6 Å². The molecule has 0 saturated carbocycles. The molecular weight excluding hydrogens is 252 g/mol. The molecule has 0 aliphatic carbocycles.